The molecular formula is C15H24IN5O2. The Labute approximate surface area is 153 Å². The van der Waals surface area contributed by atoms with Crippen LogP contribution in [-0.2, 0) is 12.8 Å². The van der Waals surface area contributed by atoms with Crippen LogP contribution in [0.4, 0.5) is 0 Å². The fourth-order valence-corrected chi connectivity index (χ4v) is 1.96. The van der Waals surface area contributed by atoms with Gasteiger partial charge in [0, 0.05) is 32.5 Å². The van der Waals surface area contributed by atoms with Gasteiger partial charge in [-0.3, -0.25) is 4.99 Å². The fourth-order valence-electron chi connectivity index (χ4n) is 1.96. The van der Waals surface area contributed by atoms with Crippen LogP contribution in [0.5, 0.6) is 0 Å². The van der Waals surface area contributed by atoms with Gasteiger partial charge >= 0.3 is 0 Å². The molecule has 0 aromatic carbocycles. The molecule has 0 aliphatic rings. The minimum Gasteiger partial charge on any atom is -0.469 e. The van der Waals surface area contributed by atoms with Crippen molar-refractivity contribution < 1.29 is 8.94 Å². The van der Waals surface area contributed by atoms with Crippen LogP contribution < -0.4 is 10.6 Å². The van der Waals surface area contributed by atoms with E-state index in [9.17, 15) is 0 Å². The Morgan fingerprint density at radius 3 is 2.83 bits per heavy atom. The second kappa shape index (κ2) is 11.0. The van der Waals surface area contributed by atoms with Crippen molar-refractivity contribution >= 4 is 29.9 Å². The van der Waals surface area contributed by atoms with E-state index in [-0.39, 0.29) is 24.0 Å². The molecule has 0 saturated heterocycles. The van der Waals surface area contributed by atoms with E-state index in [1.807, 2.05) is 26.0 Å². The Hall–Kier alpha value is -1.58. The number of halogens is 1. The average molecular weight is 433 g/mol. The van der Waals surface area contributed by atoms with Crippen molar-refractivity contribution in [1.29, 1.82) is 0 Å². The van der Waals surface area contributed by atoms with Gasteiger partial charge in [-0.25, -0.2) is 0 Å². The van der Waals surface area contributed by atoms with E-state index in [2.05, 4.69) is 25.8 Å². The summed E-state index contributed by atoms with van der Waals surface area (Å²) in [5.74, 6) is 3.13. The maximum atomic E-state index is 5.30. The highest BCUT2D eigenvalue weighted by Crippen LogP contribution is 2.01. The van der Waals surface area contributed by atoms with E-state index >= 15 is 0 Å². The van der Waals surface area contributed by atoms with Crippen LogP contribution in [0.15, 0.2) is 32.3 Å². The minimum atomic E-state index is 0. The topological polar surface area (TPSA) is 88.5 Å². The Balaban J connectivity index is 0.00000264. The van der Waals surface area contributed by atoms with E-state index in [1.165, 1.54) is 0 Å². The van der Waals surface area contributed by atoms with Gasteiger partial charge in [-0.1, -0.05) is 5.16 Å². The molecule has 2 aromatic heterocycles. The predicted octanol–water partition coefficient (Wildman–Crippen LogP) is 2.32. The summed E-state index contributed by atoms with van der Waals surface area (Å²) in [5, 5.41) is 10.3. The maximum absolute atomic E-state index is 5.30. The number of nitrogens with one attached hydrogen (secondary N) is 2. The Kier molecular flexibility index (Phi) is 9.34. The summed E-state index contributed by atoms with van der Waals surface area (Å²) < 4.78 is 10.4. The van der Waals surface area contributed by atoms with E-state index < -0.39 is 0 Å². The second-order valence-corrected chi connectivity index (χ2v) is 4.86. The number of rotatable bonds is 8. The standard InChI is InChI=1S/C15H23N5O2.HI/c1-3-16-15(18-10-8-13-6-5-11-21-13)17-9-4-7-14-19-12(2)20-22-14;/h5-6,11H,3-4,7-10H2,1-2H3,(H2,16,17,18);1H. The van der Waals surface area contributed by atoms with E-state index in [0.29, 0.717) is 18.3 Å². The lowest BCUT2D eigenvalue weighted by Crippen LogP contribution is -2.38. The van der Waals surface area contributed by atoms with Gasteiger partial charge in [0.1, 0.15) is 5.76 Å². The van der Waals surface area contributed by atoms with Crippen molar-refractivity contribution in [1.82, 2.24) is 20.8 Å². The monoisotopic (exact) mass is 433 g/mol. The van der Waals surface area contributed by atoms with Gasteiger partial charge in [0.25, 0.3) is 0 Å². The molecule has 8 heteroatoms. The first-order valence-electron chi connectivity index (χ1n) is 7.61. The molecule has 7 nitrogen and oxygen atoms in total. The molecule has 2 aromatic rings. The summed E-state index contributed by atoms with van der Waals surface area (Å²) in [6, 6.07) is 3.87. The van der Waals surface area contributed by atoms with Crippen molar-refractivity contribution in [3.8, 4) is 0 Å². The van der Waals surface area contributed by atoms with Gasteiger partial charge in [0.05, 0.1) is 6.26 Å². The fraction of sp³-hybridized carbons (Fsp3) is 0.533. The molecule has 0 saturated carbocycles. The molecule has 23 heavy (non-hydrogen) atoms. The van der Waals surface area contributed by atoms with Gasteiger partial charge in [0.15, 0.2) is 11.8 Å². The first-order valence-corrected chi connectivity index (χ1v) is 7.61. The number of aromatic nitrogens is 2. The third kappa shape index (κ3) is 7.49. The van der Waals surface area contributed by atoms with Crippen LogP contribution in [0.3, 0.4) is 0 Å². The largest absolute Gasteiger partial charge is 0.469 e. The second-order valence-electron chi connectivity index (χ2n) is 4.86. The van der Waals surface area contributed by atoms with Crippen molar-refractivity contribution in [2.45, 2.75) is 33.1 Å². The molecule has 0 amide bonds. The molecule has 2 N–H and O–H groups in total. The average Bonchev–Trinajstić information content (AvgIpc) is 3.15. The van der Waals surface area contributed by atoms with E-state index in [1.54, 1.807) is 6.26 Å². The number of guanidine groups is 1. The van der Waals surface area contributed by atoms with Gasteiger partial charge in [-0.2, -0.15) is 4.98 Å². The Morgan fingerprint density at radius 1 is 1.30 bits per heavy atom. The van der Waals surface area contributed by atoms with Crippen LogP contribution in [0.1, 0.15) is 30.8 Å². The molecule has 0 spiro atoms. The van der Waals surface area contributed by atoms with Crippen molar-refractivity contribution in [2.75, 3.05) is 19.6 Å². The first-order chi connectivity index (χ1) is 10.8. The van der Waals surface area contributed by atoms with Crippen LogP contribution in [0, 0.1) is 6.92 Å². The minimum absolute atomic E-state index is 0. The number of furan rings is 1. The van der Waals surface area contributed by atoms with Crippen molar-refractivity contribution in [3.63, 3.8) is 0 Å². The van der Waals surface area contributed by atoms with Crippen LogP contribution in [0.2, 0.25) is 0 Å². The molecule has 0 atom stereocenters. The van der Waals surface area contributed by atoms with Crippen LogP contribution in [0.25, 0.3) is 0 Å². The van der Waals surface area contributed by atoms with Gasteiger partial charge < -0.3 is 19.6 Å². The van der Waals surface area contributed by atoms with E-state index in [4.69, 9.17) is 8.94 Å². The van der Waals surface area contributed by atoms with Gasteiger partial charge in [-0.05, 0) is 32.4 Å². The maximum Gasteiger partial charge on any atom is 0.226 e. The highest BCUT2D eigenvalue weighted by molar-refractivity contribution is 14.0. The predicted molar refractivity (Wildman–Crippen MR) is 99.2 cm³/mol. The van der Waals surface area contributed by atoms with Crippen molar-refractivity contribution in [3.05, 3.63) is 35.9 Å². The molecule has 0 radical (unpaired) electrons. The number of hydrogen-bond acceptors (Lipinski definition) is 5. The lowest BCUT2D eigenvalue weighted by atomic mass is 10.3. The molecule has 0 bridgehead atoms. The molecule has 0 unspecified atom stereocenters. The molecule has 2 heterocycles. The Morgan fingerprint density at radius 2 is 2.17 bits per heavy atom. The quantitative estimate of drug-likeness (QED) is 0.288. The number of hydrogen-bond donors (Lipinski definition) is 2. The van der Waals surface area contributed by atoms with E-state index in [0.717, 1.165) is 44.1 Å². The summed E-state index contributed by atoms with van der Waals surface area (Å²) in [5.41, 5.74) is 0. The van der Waals surface area contributed by atoms with Gasteiger partial charge in [-0.15, -0.1) is 24.0 Å². The van der Waals surface area contributed by atoms with Gasteiger partial charge in [0.2, 0.25) is 5.89 Å². The summed E-state index contributed by atoms with van der Waals surface area (Å²) in [7, 11) is 0. The zero-order valence-corrected chi connectivity index (χ0v) is 15.9. The molecular weight excluding hydrogens is 409 g/mol. The summed E-state index contributed by atoms with van der Waals surface area (Å²) in [6.45, 7) is 6.18. The number of aryl methyl sites for hydroxylation is 2. The van der Waals surface area contributed by atoms with Crippen molar-refractivity contribution in [2.24, 2.45) is 4.99 Å². The molecule has 0 fully saturated rings. The third-order valence-corrected chi connectivity index (χ3v) is 2.98. The lowest BCUT2D eigenvalue weighted by Gasteiger charge is -2.10. The molecule has 128 valence electrons. The SMILES string of the molecule is CCNC(=NCCCc1nc(C)no1)NCCc1ccco1.I. The smallest absolute Gasteiger partial charge is 0.226 e. The number of aliphatic imine (C=N–C) groups is 1. The zero-order chi connectivity index (χ0) is 15.6. The number of nitrogens with zero attached hydrogens (tertiary/aromatic N) is 3. The summed E-state index contributed by atoms with van der Waals surface area (Å²) in [4.78, 5) is 8.70. The third-order valence-electron chi connectivity index (χ3n) is 2.98. The highest BCUT2D eigenvalue weighted by atomic mass is 127. The lowest BCUT2D eigenvalue weighted by molar-refractivity contribution is 0.372. The molecule has 0 aliphatic heterocycles. The normalized spacial score (nSPS) is 11.1. The van der Waals surface area contributed by atoms with Crippen LogP contribution >= 0.6 is 24.0 Å². The molecule has 0 aliphatic carbocycles. The molecule has 2 rings (SSSR count). The Bertz CT molecular complexity index is 568. The summed E-state index contributed by atoms with van der Waals surface area (Å²) >= 11 is 0. The highest BCUT2D eigenvalue weighted by Gasteiger charge is 2.02. The summed E-state index contributed by atoms with van der Waals surface area (Å²) in [6.07, 6.45) is 4.14. The zero-order valence-electron chi connectivity index (χ0n) is 13.5. The first kappa shape index (κ1) is 19.5. The van der Waals surface area contributed by atoms with Crippen LogP contribution in [-0.4, -0.2) is 35.7 Å².